The van der Waals surface area contributed by atoms with Crippen LogP contribution in [0.1, 0.15) is 13.3 Å². The number of halogens is 1. The molecular formula is C11H15ClN2O2. The maximum absolute atomic E-state index is 11.6. The van der Waals surface area contributed by atoms with Crippen molar-refractivity contribution in [1.29, 1.82) is 0 Å². The third-order valence-electron chi connectivity index (χ3n) is 2.20. The molecule has 16 heavy (non-hydrogen) atoms. The summed E-state index contributed by atoms with van der Waals surface area (Å²) in [5.41, 5.74) is 6.14. The molecule has 0 fully saturated rings. The third-order valence-corrected chi connectivity index (χ3v) is 2.43. The van der Waals surface area contributed by atoms with Crippen molar-refractivity contribution < 1.29 is 9.53 Å². The van der Waals surface area contributed by atoms with E-state index < -0.39 is 6.04 Å². The van der Waals surface area contributed by atoms with Crippen LogP contribution in [0.15, 0.2) is 18.2 Å². The Morgan fingerprint density at radius 3 is 2.88 bits per heavy atom. The zero-order chi connectivity index (χ0) is 12.1. The van der Waals surface area contributed by atoms with Gasteiger partial charge in [0, 0.05) is 5.02 Å². The third kappa shape index (κ3) is 3.12. The largest absolute Gasteiger partial charge is 0.495 e. The topological polar surface area (TPSA) is 64.4 Å². The van der Waals surface area contributed by atoms with Gasteiger partial charge in [0.15, 0.2) is 0 Å². The molecule has 1 amide bonds. The van der Waals surface area contributed by atoms with E-state index in [9.17, 15) is 4.79 Å². The lowest BCUT2D eigenvalue weighted by Crippen LogP contribution is -2.34. The van der Waals surface area contributed by atoms with Crippen LogP contribution < -0.4 is 15.8 Å². The molecule has 1 atom stereocenters. The van der Waals surface area contributed by atoms with Crippen molar-refractivity contribution in [3.63, 3.8) is 0 Å². The first kappa shape index (κ1) is 12.8. The van der Waals surface area contributed by atoms with Gasteiger partial charge in [0.1, 0.15) is 5.75 Å². The van der Waals surface area contributed by atoms with Crippen LogP contribution in [-0.4, -0.2) is 19.1 Å². The molecule has 0 saturated heterocycles. The molecule has 0 aliphatic carbocycles. The van der Waals surface area contributed by atoms with E-state index in [0.717, 1.165) is 0 Å². The molecule has 0 aliphatic rings. The second-order valence-electron chi connectivity index (χ2n) is 3.35. The van der Waals surface area contributed by atoms with Crippen LogP contribution in [0.3, 0.4) is 0 Å². The molecule has 3 N–H and O–H groups in total. The van der Waals surface area contributed by atoms with Crippen LogP contribution in [0.25, 0.3) is 0 Å². The van der Waals surface area contributed by atoms with E-state index in [1.165, 1.54) is 7.11 Å². The molecule has 88 valence electrons. The number of hydrogen-bond donors (Lipinski definition) is 2. The van der Waals surface area contributed by atoms with Crippen molar-refractivity contribution in [1.82, 2.24) is 0 Å². The number of methoxy groups -OCH3 is 1. The predicted molar refractivity (Wildman–Crippen MR) is 64.9 cm³/mol. The molecule has 0 radical (unpaired) electrons. The van der Waals surface area contributed by atoms with E-state index in [0.29, 0.717) is 22.9 Å². The Bertz CT molecular complexity index is 382. The summed E-state index contributed by atoms with van der Waals surface area (Å²) in [5.74, 6) is 0.309. The summed E-state index contributed by atoms with van der Waals surface area (Å²) >= 11 is 5.83. The van der Waals surface area contributed by atoms with Gasteiger partial charge in [-0.1, -0.05) is 18.5 Å². The summed E-state index contributed by atoms with van der Waals surface area (Å²) in [7, 11) is 1.53. The fourth-order valence-electron chi connectivity index (χ4n) is 1.19. The average Bonchev–Trinajstić information content (AvgIpc) is 2.28. The summed E-state index contributed by atoms with van der Waals surface area (Å²) in [6.07, 6.45) is 0.578. The Labute approximate surface area is 99.7 Å². The molecule has 1 rings (SSSR count). The monoisotopic (exact) mass is 242 g/mol. The number of rotatable bonds is 4. The standard InChI is InChI=1S/C11H15ClN2O2/c1-3-8(13)11(15)14-9-6-7(12)4-5-10(9)16-2/h4-6,8H,3,13H2,1-2H3,(H,14,15). The van der Waals surface area contributed by atoms with Crippen molar-refractivity contribution in [2.75, 3.05) is 12.4 Å². The zero-order valence-corrected chi connectivity index (χ0v) is 10.0. The lowest BCUT2D eigenvalue weighted by Gasteiger charge is -2.13. The van der Waals surface area contributed by atoms with Gasteiger partial charge in [-0.25, -0.2) is 0 Å². The summed E-state index contributed by atoms with van der Waals surface area (Å²) in [6.45, 7) is 1.85. The molecule has 1 unspecified atom stereocenters. The molecule has 0 aromatic heterocycles. The molecule has 0 saturated carbocycles. The quantitative estimate of drug-likeness (QED) is 0.849. The van der Waals surface area contributed by atoms with E-state index in [1.807, 2.05) is 6.92 Å². The van der Waals surface area contributed by atoms with Gasteiger partial charge in [0.05, 0.1) is 18.8 Å². The van der Waals surface area contributed by atoms with Crippen molar-refractivity contribution in [3.05, 3.63) is 23.2 Å². The summed E-state index contributed by atoms with van der Waals surface area (Å²) in [5, 5.41) is 3.21. The lowest BCUT2D eigenvalue weighted by molar-refractivity contribution is -0.117. The highest BCUT2D eigenvalue weighted by Gasteiger charge is 2.13. The van der Waals surface area contributed by atoms with Gasteiger partial charge >= 0.3 is 0 Å². The van der Waals surface area contributed by atoms with Crippen LogP contribution in [0.2, 0.25) is 5.02 Å². The maximum Gasteiger partial charge on any atom is 0.241 e. The van der Waals surface area contributed by atoms with E-state index in [4.69, 9.17) is 22.1 Å². The number of ether oxygens (including phenoxy) is 1. The molecule has 4 nitrogen and oxygen atoms in total. The molecule has 0 bridgehead atoms. The van der Waals surface area contributed by atoms with Gasteiger partial charge in [-0.2, -0.15) is 0 Å². The van der Waals surface area contributed by atoms with Crippen LogP contribution in [-0.2, 0) is 4.79 Å². The fraction of sp³-hybridized carbons (Fsp3) is 0.364. The molecule has 0 heterocycles. The minimum Gasteiger partial charge on any atom is -0.495 e. The van der Waals surface area contributed by atoms with Gasteiger partial charge < -0.3 is 15.8 Å². The Kier molecular flexibility index (Phi) is 4.58. The molecule has 5 heteroatoms. The second kappa shape index (κ2) is 5.72. The fourth-order valence-corrected chi connectivity index (χ4v) is 1.36. The van der Waals surface area contributed by atoms with Gasteiger partial charge in [-0.15, -0.1) is 0 Å². The lowest BCUT2D eigenvalue weighted by atomic mass is 10.2. The minimum absolute atomic E-state index is 0.247. The van der Waals surface area contributed by atoms with E-state index >= 15 is 0 Å². The smallest absolute Gasteiger partial charge is 0.241 e. The Balaban J connectivity index is 2.87. The first-order valence-electron chi connectivity index (χ1n) is 4.98. The zero-order valence-electron chi connectivity index (χ0n) is 9.29. The highest BCUT2D eigenvalue weighted by molar-refractivity contribution is 6.31. The number of nitrogens with two attached hydrogens (primary N) is 1. The molecule has 0 aliphatic heterocycles. The Morgan fingerprint density at radius 1 is 1.62 bits per heavy atom. The number of amides is 1. The first-order valence-corrected chi connectivity index (χ1v) is 5.36. The van der Waals surface area contributed by atoms with Gasteiger partial charge in [0.2, 0.25) is 5.91 Å². The van der Waals surface area contributed by atoms with Gasteiger partial charge in [-0.3, -0.25) is 4.79 Å². The van der Waals surface area contributed by atoms with Crippen LogP contribution >= 0.6 is 11.6 Å². The van der Waals surface area contributed by atoms with Crippen LogP contribution in [0.4, 0.5) is 5.69 Å². The Morgan fingerprint density at radius 2 is 2.31 bits per heavy atom. The molecule has 1 aromatic rings. The van der Waals surface area contributed by atoms with E-state index in [2.05, 4.69) is 5.32 Å². The summed E-state index contributed by atoms with van der Waals surface area (Å²) in [6, 6.07) is 4.48. The van der Waals surface area contributed by atoms with Crippen molar-refractivity contribution >= 4 is 23.2 Å². The highest BCUT2D eigenvalue weighted by atomic mass is 35.5. The molecule has 1 aromatic carbocycles. The predicted octanol–water partition coefficient (Wildman–Crippen LogP) is 2.02. The van der Waals surface area contributed by atoms with Gasteiger partial charge in [0.25, 0.3) is 0 Å². The highest BCUT2D eigenvalue weighted by Crippen LogP contribution is 2.27. The summed E-state index contributed by atoms with van der Waals surface area (Å²) in [4.78, 5) is 11.6. The second-order valence-corrected chi connectivity index (χ2v) is 3.79. The number of carbonyl (C=O) groups excluding carboxylic acids is 1. The average molecular weight is 243 g/mol. The number of benzene rings is 1. The first-order chi connectivity index (χ1) is 7.58. The van der Waals surface area contributed by atoms with Gasteiger partial charge in [-0.05, 0) is 24.6 Å². The summed E-state index contributed by atoms with van der Waals surface area (Å²) < 4.78 is 5.10. The van der Waals surface area contributed by atoms with E-state index in [-0.39, 0.29) is 5.91 Å². The molecule has 0 spiro atoms. The Hall–Kier alpha value is -1.26. The van der Waals surface area contributed by atoms with Crippen molar-refractivity contribution in [3.8, 4) is 5.75 Å². The minimum atomic E-state index is -0.524. The normalized spacial score (nSPS) is 12.0. The number of nitrogens with one attached hydrogen (secondary N) is 1. The maximum atomic E-state index is 11.6. The number of anilines is 1. The van der Waals surface area contributed by atoms with Crippen molar-refractivity contribution in [2.45, 2.75) is 19.4 Å². The van der Waals surface area contributed by atoms with E-state index in [1.54, 1.807) is 18.2 Å². The number of hydrogen-bond acceptors (Lipinski definition) is 3. The SMILES string of the molecule is CCC(N)C(=O)Nc1cc(Cl)ccc1OC. The van der Waals surface area contributed by atoms with Crippen molar-refractivity contribution in [2.24, 2.45) is 5.73 Å². The van der Waals surface area contributed by atoms with Crippen LogP contribution in [0.5, 0.6) is 5.75 Å². The number of carbonyl (C=O) groups is 1. The molecular weight excluding hydrogens is 228 g/mol. The van der Waals surface area contributed by atoms with Crippen LogP contribution in [0, 0.1) is 0 Å².